The molecule has 1 aromatic rings. The molecule has 1 N–H and O–H groups in total. The first-order chi connectivity index (χ1) is 8.59. The van der Waals surface area contributed by atoms with Crippen molar-refractivity contribution in [1.82, 2.24) is 4.90 Å². The molecule has 1 aromatic heterocycles. The molecule has 3 unspecified atom stereocenters. The Morgan fingerprint density at radius 2 is 2.22 bits per heavy atom. The summed E-state index contributed by atoms with van der Waals surface area (Å²) in [6.07, 6.45) is 3.76. The zero-order chi connectivity index (χ0) is 12.9. The fourth-order valence-corrected chi connectivity index (χ4v) is 3.28. The number of carboxylic acids is 1. The van der Waals surface area contributed by atoms with E-state index in [9.17, 15) is 9.59 Å². The van der Waals surface area contributed by atoms with Crippen LogP contribution >= 0.6 is 0 Å². The van der Waals surface area contributed by atoms with E-state index in [1.54, 1.807) is 11.0 Å². The fraction of sp³-hybridized carbons (Fsp3) is 0.538. The lowest BCUT2D eigenvalue weighted by atomic mass is 9.89. The molecule has 0 spiro atoms. The molecule has 3 rings (SSSR count). The minimum Gasteiger partial charge on any atom is -0.481 e. The van der Waals surface area contributed by atoms with Gasteiger partial charge in [0.2, 0.25) is 0 Å². The highest BCUT2D eigenvalue weighted by Gasteiger charge is 2.52. The highest BCUT2D eigenvalue weighted by Crippen LogP contribution is 2.42. The van der Waals surface area contributed by atoms with Gasteiger partial charge in [-0.3, -0.25) is 9.59 Å². The Kier molecular flexibility index (Phi) is 2.43. The predicted molar refractivity (Wildman–Crippen MR) is 62.2 cm³/mol. The van der Waals surface area contributed by atoms with Crippen LogP contribution in [0.1, 0.15) is 35.4 Å². The van der Waals surface area contributed by atoms with Crippen molar-refractivity contribution in [2.75, 3.05) is 0 Å². The summed E-state index contributed by atoms with van der Waals surface area (Å²) in [4.78, 5) is 25.3. The van der Waals surface area contributed by atoms with E-state index in [0.717, 1.165) is 18.4 Å². The van der Waals surface area contributed by atoms with E-state index in [2.05, 4.69) is 0 Å². The Bertz CT molecular complexity index is 507. The van der Waals surface area contributed by atoms with Crippen LogP contribution < -0.4 is 0 Å². The van der Waals surface area contributed by atoms with Crippen molar-refractivity contribution in [3.63, 3.8) is 0 Å². The third kappa shape index (κ3) is 1.46. The molecule has 2 aliphatic rings. The van der Waals surface area contributed by atoms with Crippen LogP contribution in [0.5, 0.6) is 0 Å². The summed E-state index contributed by atoms with van der Waals surface area (Å²) >= 11 is 0. The number of amides is 1. The minimum absolute atomic E-state index is 0.0631. The maximum absolute atomic E-state index is 12.4. The van der Waals surface area contributed by atoms with Crippen LogP contribution in [-0.4, -0.2) is 34.0 Å². The molecule has 0 radical (unpaired) electrons. The maximum Gasteiger partial charge on any atom is 0.308 e. The van der Waals surface area contributed by atoms with E-state index in [4.69, 9.17) is 9.52 Å². The summed E-state index contributed by atoms with van der Waals surface area (Å²) in [7, 11) is 0. The van der Waals surface area contributed by atoms with Crippen molar-refractivity contribution in [3.05, 3.63) is 23.7 Å². The Morgan fingerprint density at radius 1 is 1.44 bits per heavy atom. The predicted octanol–water partition coefficient (Wildman–Crippen LogP) is 1.67. The SMILES string of the molecule is Cc1ccoc1C(=O)N1C2CCC1C(C(=O)O)C2. The van der Waals surface area contributed by atoms with Gasteiger partial charge in [-0.15, -0.1) is 0 Å². The van der Waals surface area contributed by atoms with Crippen molar-refractivity contribution in [3.8, 4) is 0 Å². The topological polar surface area (TPSA) is 70.8 Å². The number of hydrogen-bond donors (Lipinski definition) is 1. The summed E-state index contributed by atoms with van der Waals surface area (Å²) < 4.78 is 5.22. The third-order valence-corrected chi connectivity index (χ3v) is 4.14. The van der Waals surface area contributed by atoms with Crippen molar-refractivity contribution >= 4 is 11.9 Å². The molecule has 3 atom stereocenters. The molecule has 5 nitrogen and oxygen atoms in total. The number of aryl methyl sites for hydroxylation is 1. The molecular weight excluding hydrogens is 234 g/mol. The number of carbonyl (C=O) groups is 2. The number of aliphatic carboxylic acids is 1. The zero-order valence-electron chi connectivity index (χ0n) is 10.1. The van der Waals surface area contributed by atoms with Gasteiger partial charge in [0.05, 0.1) is 12.2 Å². The number of rotatable bonds is 2. The molecule has 5 heteroatoms. The van der Waals surface area contributed by atoms with Crippen LogP contribution in [-0.2, 0) is 4.79 Å². The molecule has 18 heavy (non-hydrogen) atoms. The number of fused-ring (bicyclic) bond motifs is 2. The molecule has 0 aliphatic carbocycles. The van der Waals surface area contributed by atoms with Gasteiger partial charge in [0, 0.05) is 17.6 Å². The van der Waals surface area contributed by atoms with Crippen LogP contribution in [0, 0.1) is 12.8 Å². The van der Waals surface area contributed by atoms with E-state index in [1.165, 1.54) is 6.26 Å². The molecule has 2 fully saturated rings. The normalized spacial score (nSPS) is 29.8. The molecule has 2 bridgehead atoms. The largest absolute Gasteiger partial charge is 0.481 e. The lowest BCUT2D eigenvalue weighted by molar-refractivity contribution is -0.142. The number of furan rings is 1. The van der Waals surface area contributed by atoms with Gasteiger partial charge in [-0.05, 0) is 32.3 Å². The van der Waals surface area contributed by atoms with Crippen molar-refractivity contribution in [1.29, 1.82) is 0 Å². The van der Waals surface area contributed by atoms with Crippen molar-refractivity contribution in [2.45, 2.75) is 38.3 Å². The summed E-state index contributed by atoms with van der Waals surface area (Å²) in [5.41, 5.74) is 0.804. The van der Waals surface area contributed by atoms with Gasteiger partial charge in [0.15, 0.2) is 5.76 Å². The number of carbonyl (C=O) groups excluding carboxylic acids is 1. The van der Waals surface area contributed by atoms with E-state index in [1.807, 2.05) is 6.92 Å². The van der Waals surface area contributed by atoms with E-state index >= 15 is 0 Å². The van der Waals surface area contributed by atoms with Crippen molar-refractivity contribution in [2.24, 2.45) is 5.92 Å². The quantitative estimate of drug-likeness (QED) is 0.865. The highest BCUT2D eigenvalue weighted by atomic mass is 16.4. The smallest absolute Gasteiger partial charge is 0.308 e. The summed E-state index contributed by atoms with van der Waals surface area (Å²) in [5.74, 6) is -1.02. The number of nitrogens with zero attached hydrogens (tertiary/aromatic N) is 1. The molecule has 0 aromatic carbocycles. The van der Waals surface area contributed by atoms with Gasteiger partial charge in [-0.1, -0.05) is 0 Å². The molecule has 3 heterocycles. The second-order valence-electron chi connectivity index (χ2n) is 5.12. The van der Waals surface area contributed by atoms with Gasteiger partial charge in [0.25, 0.3) is 5.91 Å². The van der Waals surface area contributed by atoms with Crippen molar-refractivity contribution < 1.29 is 19.1 Å². The fourth-order valence-electron chi connectivity index (χ4n) is 3.28. The summed E-state index contributed by atoms with van der Waals surface area (Å²) in [6, 6.07) is 1.65. The second-order valence-corrected chi connectivity index (χ2v) is 5.12. The Hall–Kier alpha value is -1.78. The van der Waals surface area contributed by atoms with Crippen LogP contribution in [0.25, 0.3) is 0 Å². The average molecular weight is 249 g/mol. The zero-order valence-corrected chi connectivity index (χ0v) is 10.1. The van der Waals surface area contributed by atoms with Crippen LogP contribution in [0.3, 0.4) is 0 Å². The first-order valence-corrected chi connectivity index (χ1v) is 6.19. The van der Waals surface area contributed by atoms with Gasteiger partial charge in [0.1, 0.15) is 0 Å². The van der Waals surface area contributed by atoms with Crippen LogP contribution in [0.2, 0.25) is 0 Å². The van der Waals surface area contributed by atoms with Gasteiger partial charge >= 0.3 is 5.97 Å². The average Bonchev–Trinajstić information content (AvgIpc) is 3.01. The Labute approximate surface area is 104 Å². The lowest BCUT2D eigenvalue weighted by Gasteiger charge is -2.22. The highest BCUT2D eigenvalue weighted by molar-refractivity contribution is 5.94. The van der Waals surface area contributed by atoms with Gasteiger partial charge < -0.3 is 14.4 Å². The minimum atomic E-state index is -0.795. The first kappa shape index (κ1) is 11.3. The molecule has 2 saturated heterocycles. The van der Waals surface area contributed by atoms with Crippen LogP contribution in [0.15, 0.2) is 16.7 Å². The maximum atomic E-state index is 12.4. The lowest BCUT2D eigenvalue weighted by Crippen LogP contribution is -2.37. The molecule has 0 saturated carbocycles. The van der Waals surface area contributed by atoms with E-state index in [-0.39, 0.29) is 18.0 Å². The Balaban J connectivity index is 1.88. The van der Waals surface area contributed by atoms with E-state index in [0.29, 0.717) is 12.2 Å². The monoisotopic (exact) mass is 249 g/mol. The van der Waals surface area contributed by atoms with Crippen LogP contribution in [0.4, 0.5) is 0 Å². The molecular formula is C13H15NO4. The summed E-state index contributed by atoms with van der Waals surface area (Å²) in [5, 5.41) is 9.16. The molecule has 96 valence electrons. The summed E-state index contributed by atoms with van der Waals surface area (Å²) in [6.45, 7) is 1.82. The first-order valence-electron chi connectivity index (χ1n) is 6.19. The molecule has 1 amide bonds. The van der Waals surface area contributed by atoms with Gasteiger partial charge in [-0.2, -0.15) is 0 Å². The Morgan fingerprint density at radius 3 is 2.78 bits per heavy atom. The van der Waals surface area contributed by atoms with Gasteiger partial charge in [-0.25, -0.2) is 0 Å². The number of carboxylic acid groups (broad SMARTS) is 1. The molecule has 2 aliphatic heterocycles. The third-order valence-electron chi connectivity index (χ3n) is 4.14. The standard InChI is InChI=1S/C13H15NO4/c1-7-4-5-18-11(7)12(15)14-8-2-3-10(14)9(6-8)13(16)17/h4-5,8-10H,2-3,6H2,1H3,(H,16,17). The second kappa shape index (κ2) is 3.86. The van der Waals surface area contributed by atoms with E-state index < -0.39 is 11.9 Å². The number of hydrogen-bond acceptors (Lipinski definition) is 3.